The molecule has 0 fully saturated rings. The first-order valence-corrected chi connectivity index (χ1v) is 4.99. The van der Waals surface area contributed by atoms with Gasteiger partial charge in [-0.05, 0) is 48.9 Å². The number of aryl methyl sites for hydroxylation is 2. The molecule has 0 saturated carbocycles. The lowest BCUT2D eigenvalue weighted by molar-refractivity contribution is 0.293. The summed E-state index contributed by atoms with van der Waals surface area (Å²) >= 11 is 0. The summed E-state index contributed by atoms with van der Waals surface area (Å²) < 4.78 is 0. The lowest BCUT2D eigenvalue weighted by Gasteiger charge is -2.11. The zero-order valence-electron chi connectivity index (χ0n) is 8.88. The third-order valence-electron chi connectivity index (χ3n) is 2.58. The van der Waals surface area contributed by atoms with Crippen LogP contribution in [0.5, 0.6) is 0 Å². The molecule has 0 aliphatic rings. The van der Waals surface area contributed by atoms with Gasteiger partial charge in [0.15, 0.2) is 0 Å². The van der Waals surface area contributed by atoms with Gasteiger partial charge in [0.2, 0.25) is 0 Å². The monoisotopic (exact) mass is 194 g/mol. The summed E-state index contributed by atoms with van der Waals surface area (Å²) in [5.74, 6) is 0. The third-order valence-corrected chi connectivity index (χ3v) is 2.58. The van der Waals surface area contributed by atoms with Crippen molar-refractivity contribution in [1.29, 1.82) is 0 Å². The molecular weight excluding hydrogens is 176 g/mol. The smallest absolute Gasteiger partial charge is 0.0471 e. The molecule has 2 nitrogen and oxygen atoms in total. The molecule has 1 aromatic rings. The van der Waals surface area contributed by atoms with Gasteiger partial charge < -0.3 is 10.2 Å². The largest absolute Gasteiger partial charge is 0.396 e. The van der Waals surface area contributed by atoms with Gasteiger partial charge in [0.05, 0.1) is 0 Å². The Kier molecular flexibility index (Phi) is 4.11. The lowest BCUT2D eigenvalue weighted by atomic mass is 9.96. The maximum Gasteiger partial charge on any atom is 0.0471 e. The molecule has 0 aromatic heterocycles. The highest BCUT2D eigenvalue weighted by Crippen LogP contribution is 2.17. The van der Waals surface area contributed by atoms with Crippen LogP contribution in [0.3, 0.4) is 0 Å². The summed E-state index contributed by atoms with van der Waals surface area (Å²) in [6.07, 6.45) is 1.35. The molecule has 1 rings (SSSR count). The quantitative estimate of drug-likeness (QED) is 0.760. The number of hydrogen-bond acceptors (Lipinski definition) is 2. The maximum atomic E-state index is 8.91. The highest BCUT2D eigenvalue weighted by Gasteiger charge is 2.04. The van der Waals surface area contributed by atoms with Gasteiger partial charge in [0.1, 0.15) is 0 Å². The molecule has 0 radical (unpaired) electrons. The Bertz CT molecular complexity index is 274. The predicted octanol–water partition coefficient (Wildman–Crippen LogP) is 1.37. The minimum absolute atomic E-state index is 0.168. The number of rotatable bonds is 4. The Hall–Kier alpha value is -0.860. The van der Waals surface area contributed by atoms with E-state index in [1.165, 1.54) is 11.1 Å². The van der Waals surface area contributed by atoms with Gasteiger partial charge in [0.25, 0.3) is 0 Å². The van der Waals surface area contributed by atoms with Gasteiger partial charge >= 0.3 is 0 Å². The summed E-state index contributed by atoms with van der Waals surface area (Å²) in [6, 6.07) is 4.22. The maximum absolute atomic E-state index is 8.91. The fraction of sp³-hybridized carbons (Fsp3) is 0.500. The van der Waals surface area contributed by atoms with Gasteiger partial charge in [-0.15, -0.1) is 0 Å². The van der Waals surface area contributed by atoms with Crippen LogP contribution in [0.1, 0.15) is 22.3 Å². The SMILES string of the molecule is Cc1cc(CCO)c(CCO)cc1C. The average molecular weight is 194 g/mol. The van der Waals surface area contributed by atoms with Crippen LogP contribution in [-0.2, 0) is 12.8 Å². The van der Waals surface area contributed by atoms with Crippen molar-refractivity contribution >= 4 is 0 Å². The topological polar surface area (TPSA) is 40.5 Å². The molecule has 0 aliphatic carbocycles. The molecule has 2 heteroatoms. The zero-order valence-corrected chi connectivity index (χ0v) is 8.88. The standard InChI is InChI=1S/C12H18O2/c1-9-7-11(3-5-13)12(4-6-14)8-10(9)2/h7-8,13-14H,3-6H2,1-2H3. The van der Waals surface area contributed by atoms with Crippen molar-refractivity contribution in [3.63, 3.8) is 0 Å². The molecule has 0 heterocycles. The average Bonchev–Trinajstić information content (AvgIpc) is 2.14. The predicted molar refractivity (Wildman–Crippen MR) is 57.5 cm³/mol. The van der Waals surface area contributed by atoms with E-state index in [2.05, 4.69) is 26.0 Å². The van der Waals surface area contributed by atoms with Crippen molar-refractivity contribution in [3.8, 4) is 0 Å². The van der Waals surface area contributed by atoms with Crippen LogP contribution in [0.2, 0.25) is 0 Å². The van der Waals surface area contributed by atoms with E-state index in [-0.39, 0.29) is 13.2 Å². The van der Waals surface area contributed by atoms with Gasteiger partial charge in [0, 0.05) is 13.2 Å². The first kappa shape index (κ1) is 11.2. The molecule has 0 saturated heterocycles. The Morgan fingerprint density at radius 3 is 1.50 bits per heavy atom. The molecular formula is C12H18O2. The van der Waals surface area contributed by atoms with Crippen LogP contribution < -0.4 is 0 Å². The normalized spacial score (nSPS) is 10.6. The van der Waals surface area contributed by atoms with E-state index in [0.29, 0.717) is 12.8 Å². The van der Waals surface area contributed by atoms with E-state index in [1.807, 2.05) is 0 Å². The fourth-order valence-electron chi connectivity index (χ4n) is 1.64. The van der Waals surface area contributed by atoms with Gasteiger partial charge in [-0.1, -0.05) is 12.1 Å². The van der Waals surface area contributed by atoms with Crippen LogP contribution in [0.25, 0.3) is 0 Å². The summed E-state index contributed by atoms with van der Waals surface area (Å²) in [5, 5.41) is 17.8. The van der Waals surface area contributed by atoms with Crippen molar-refractivity contribution in [2.45, 2.75) is 26.7 Å². The Labute approximate surface area is 85.2 Å². The molecule has 0 atom stereocenters. The zero-order chi connectivity index (χ0) is 10.6. The highest BCUT2D eigenvalue weighted by atomic mass is 16.3. The van der Waals surface area contributed by atoms with E-state index >= 15 is 0 Å². The van der Waals surface area contributed by atoms with Crippen molar-refractivity contribution in [1.82, 2.24) is 0 Å². The second kappa shape index (κ2) is 5.13. The Balaban J connectivity index is 3.03. The van der Waals surface area contributed by atoms with Crippen molar-refractivity contribution in [3.05, 3.63) is 34.4 Å². The summed E-state index contributed by atoms with van der Waals surface area (Å²) in [4.78, 5) is 0. The number of aliphatic hydroxyl groups is 2. The second-order valence-electron chi connectivity index (χ2n) is 3.65. The minimum atomic E-state index is 0.168. The number of benzene rings is 1. The first-order chi connectivity index (χ1) is 6.69. The number of aliphatic hydroxyl groups excluding tert-OH is 2. The molecule has 0 unspecified atom stereocenters. The van der Waals surface area contributed by atoms with Crippen LogP contribution in [-0.4, -0.2) is 23.4 Å². The third kappa shape index (κ3) is 2.56. The van der Waals surface area contributed by atoms with Crippen LogP contribution in [0, 0.1) is 13.8 Å². The summed E-state index contributed by atoms with van der Waals surface area (Å²) in [5.41, 5.74) is 4.81. The first-order valence-electron chi connectivity index (χ1n) is 4.99. The van der Waals surface area contributed by atoms with Crippen LogP contribution >= 0.6 is 0 Å². The van der Waals surface area contributed by atoms with Crippen molar-refractivity contribution in [2.24, 2.45) is 0 Å². The van der Waals surface area contributed by atoms with Gasteiger partial charge in [-0.2, -0.15) is 0 Å². The van der Waals surface area contributed by atoms with E-state index in [1.54, 1.807) is 0 Å². The molecule has 0 spiro atoms. The van der Waals surface area contributed by atoms with Crippen molar-refractivity contribution < 1.29 is 10.2 Å². The van der Waals surface area contributed by atoms with E-state index in [0.717, 1.165) is 11.1 Å². The lowest BCUT2D eigenvalue weighted by Crippen LogP contribution is -2.02. The minimum Gasteiger partial charge on any atom is -0.396 e. The molecule has 0 amide bonds. The summed E-state index contributed by atoms with van der Waals surface area (Å²) in [7, 11) is 0. The van der Waals surface area contributed by atoms with Gasteiger partial charge in [-0.25, -0.2) is 0 Å². The fourth-order valence-corrected chi connectivity index (χ4v) is 1.64. The molecule has 1 aromatic carbocycles. The van der Waals surface area contributed by atoms with Crippen LogP contribution in [0.15, 0.2) is 12.1 Å². The van der Waals surface area contributed by atoms with E-state index < -0.39 is 0 Å². The van der Waals surface area contributed by atoms with E-state index in [4.69, 9.17) is 10.2 Å². The molecule has 14 heavy (non-hydrogen) atoms. The summed E-state index contributed by atoms with van der Waals surface area (Å²) in [6.45, 7) is 4.47. The van der Waals surface area contributed by atoms with Gasteiger partial charge in [-0.3, -0.25) is 0 Å². The second-order valence-corrected chi connectivity index (χ2v) is 3.65. The van der Waals surface area contributed by atoms with Crippen molar-refractivity contribution in [2.75, 3.05) is 13.2 Å². The molecule has 78 valence electrons. The molecule has 2 N–H and O–H groups in total. The van der Waals surface area contributed by atoms with E-state index in [9.17, 15) is 0 Å². The van der Waals surface area contributed by atoms with Crippen LogP contribution in [0.4, 0.5) is 0 Å². The highest BCUT2D eigenvalue weighted by molar-refractivity contribution is 5.37. The molecule has 0 aliphatic heterocycles. The number of hydrogen-bond donors (Lipinski definition) is 2. The Morgan fingerprint density at radius 2 is 1.21 bits per heavy atom. The Morgan fingerprint density at radius 1 is 0.857 bits per heavy atom. The molecule has 0 bridgehead atoms.